The number of para-hydroxylation sites is 1. The maximum absolute atomic E-state index is 5.68. The highest BCUT2D eigenvalue weighted by atomic mass is 15.2. The fourth-order valence-corrected chi connectivity index (χ4v) is 10.5. The van der Waals surface area contributed by atoms with E-state index in [9.17, 15) is 0 Å². The van der Waals surface area contributed by atoms with Crippen molar-refractivity contribution in [2.45, 2.75) is 19.3 Å². The molecule has 0 radical (unpaired) electrons. The van der Waals surface area contributed by atoms with Crippen LogP contribution in [0.4, 0.5) is 0 Å². The van der Waals surface area contributed by atoms with Gasteiger partial charge in [0, 0.05) is 32.5 Å². The number of hydrogen-bond donors (Lipinski definition) is 0. The largest absolute Gasteiger partial charge is 0.278 e. The molecule has 0 aliphatic heterocycles. The Labute approximate surface area is 334 Å². The molecule has 0 N–H and O–H groups in total. The maximum atomic E-state index is 5.68. The zero-order chi connectivity index (χ0) is 38.3. The molecule has 2 heterocycles. The molecule has 13 rings (SSSR count). The molecule has 0 spiro atoms. The standard InChI is InChI=1S/C55H35N3/c1-55(2)46-25-13-11-22-39(46)43-30-45-50(31-47(43)55)58(49-28-27-41-37-20-7-6-18-35(37)36-19-9-10-23-40(36)51(41)52(45)49)54-56-48-26-14-12-24-42(48)53(57-54)44-29-32-15-3-4-16-33(32)34-17-5-8-21-38(34)44/h3-31H,1-2H3. The highest BCUT2D eigenvalue weighted by molar-refractivity contribution is 6.35. The Morgan fingerprint density at radius 2 is 0.966 bits per heavy atom. The second-order valence-corrected chi connectivity index (χ2v) is 16.5. The van der Waals surface area contributed by atoms with E-state index in [4.69, 9.17) is 9.97 Å². The van der Waals surface area contributed by atoms with Gasteiger partial charge in [-0.05, 0) is 101 Å². The summed E-state index contributed by atoms with van der Waals surface area (Å²) in [4.78, 5) is 11.1. The molecule has 12 aromatic rings. The minimum Gasteiger partial charge on any atom is -0.278 e. The van der Waals surface area contributed by atoms with Crippen LogP contribution in [0.1, 0.15) is 25.0 Å². The summed E-state index contributed by atoms with van der Waals surface area (Å²) in [5, 5.41) is 15.9. The van der Waals surface area contributed by atoms with Gasteiger partial charge in [-0.3, -0.25) is 4.57 Å². The lowest BCUT2D eigenvalue weighted by Crippen LogP contribution is -2.15. The van der Waals surface area contributed by atoms with Crippen molar-refractivity contribution in [1.82, 2.24) is 14.5 Å². The van der Waals surface area contributed by atoms with E-state index in [1.807, 2.05) is 0 Å². The maximum Gasteiger partial charge on any atom is 0.235 e. The van der Waals surface area contributed by atoms with Crippen molar-refractivity contribution < 1.29 is 0 Å². The van der Waals surface area contributed by atoms with Crippen LogP contribution >= 0.6 is 0 Å². The minimum atomic E-state index is -0.175. The lowest BCUT2D eigenvalue weighted by Gasteiger charge is -2.21. The monoisotopic (exact) mass is 737 g/mol. The third-order valence-electron chi connectivity index (χ3n) is 13.2. The molecule has 3 nitrogen and oxygen atoms in total. The van der Waals surface area contributed by atoms with Crippen LogP contribution in [0.25, 0.3) is 115 Å². The molecule has 2 aromatic heterocycles. The molecule has 58 heavy (non-hydrogen) atoms. The number of rotatable bonds is 2. The molecule has 10 aromatic carbocycles. The average molecular weight is 738 g/mol. The number of aromatic nitrogens is 3. The van der Waals surface area contributed by atoms with Crippen LogP contribution in [0.15, 0.2) is 176 Å². The summed E-state index contributed by atoms with van der Waals surface area (Å²) < 4.78 is 2.35. The van der Waals surface area contributed by atoms with Gasteiger partial charge in [-0.25, -0.2) is 9.97 Å². The van der Waals surface area contributed by atoms with Crippen molar-refractivity contribution in [2.75, 3.05) is 0 Å². The van der Waals surface area contributed by atoms with Crippen LogP contribution in [0, 0.1) is 0 Å². The van der Waals surface area contributed by atoms with E-state index in [2.05, 4.69) is 194 Å². The Morgan fingerprint density at radius 1 is 0.379 bits per heavy atom. The topological polar surface area (TPSA) is 30.7 Å². The van der Waals surface area contributed by atoms with Crippen molar-refractivity contribution in [1.29, 1.82) is 0 Å². The van der Waals surface area contributed by atoms with Crippen LogP contribution in [-0.2, 0) is 5.41 Å². The van der Waals surface area contributed by atoms with Crippen molar-refractivity contribution in [3.63, 3.8) is 0 Å². The van der Waals surface area contributed by atoms with Crippen molar-refractivity contribution >= 4 is 86.6 Å². The predicted molar refractivity (Wildman–Crippen MR) is 244 cm³/mol. The van der Waals surface area contributed by atoms with Gasteiger partial charge in [-0.2, -0.15) is 0 Å². The first kappa shape index (κ1) is 31.8. The third-order valence-corrected chi connectivity index (χ3v) is 13.2. The van der Waals surface area contributed by atoms with E-state index < -0.39 is 0 Å². The average Bonchev–Trinajstić information content (AvgIpc) is 3.72. The predicted octanol–water partition coefficient (Wildman–Crippen LogP) is 14.5. The van der Waals surface area contributed by atoms with Gasteiger partial charge in [0.2, 0.25) is 5.95 Å². The van der Waals surface area contributed by atoms with Gasteiger partial charge < -0.3 is 0 Å². The normalized spacial score (nSPS) is 13.5. The van der Waals surface area contributed by atoms with Crippen LogP contribution in [0.5, 0.6) is 0 Å². The SMILES string of the molecule is CC1(C)c2ccccc2-c2cc3c4c5c6ccccc6c6ccccc6c5ccc4n(-c4nc(-c5cc6ccccc6c6ccccc56)c5ccccc5n4)c3cc21. The Bertz CT molecular complexity index is 3740. The first-order chi connectivity index (χ1) is 28.5. The molecule has 270 valence electrons. The number of benzene rings is 10. The van der Waals surface area contributed by atoms with Crippen molar-refractivity contribution in [3.05, 3.63) is 187 Å². The zero-order valence-corrected chi connectivity index (χ0v) is 32.1. The van der Waals surface area contributed by atoms with Crippen LogP contribution < -0.4 is 0 Å². The molecular formula is C55H35N3. The quantitative estimate of drug-likeness (QED) is 0.165. The van der Waals surface area contributed by atoms with Gasteiger partial charge in [0.25, 0.3) is 0 Å². The van der Waals surface area contributed by atoms with Crippen LogP contribution in [0.2, 0.25) is 0 Å². The summed E-state index contributed by atoms with van der Waals surface area (Å²) in [6.07, 6.45) is 0. The lowest BCUT2D eigenvalue weighted by molar-refractivity contribution is 0.661. The second-order valence-electron chi connectivity index (χ2n) is 16.5. The van der Waals surface area contributed by atoms with E-state index in [0.717, 1.165) is 33.2 Å². The molecule has 1 aliphatic rings. The zero-order valence-electron chi connectivity index (χ0n) is 32.1. The van der Waals surface area contributed by atoms with E-state index in [0.29, 0.717) is 5.95 Å². The second kappa shape index (κ2) is 11.4. The van der Waals surface area contributed by atoms with E-state index in [1.165, 1.54) is 86.9 Å². The molecule has 0 fully saturated rings. The van der Waals surface area contributed by atoms with Gasteiger partial charge in [0.05, 0.1) is 22.2 Å². The molecule has 0 amide bonds. The third kappa shape index (κ3) is 4.12. The van der Waals surface area contributed by atoms with Gasteiger partial charge in [0.15, 0.2) is 0 Å². The minimum absolute atomic E-state index is 0.175. The first-order valence-electron chi connectivity index (χ1n) is 20.2. The summed E-state index contributed by atoms with van der Waals surface area (Å²) in [7, 11) is 0. The molecule has 0 saturated heterocycles. The van der Waals surface area contributed by atoms with E-state index in [1.54, 1.807) is 0 Å². The van der Waals surface area contributed by atoms with Crippen molar-refractivity contribution in [2.24, 2.45) is 0 Å². The van der Waals surface area contributed by atoms with E-state index in [-0.39, 0.29) is 5.41 Å². The summed E-state index contributed by atoms with van der Waals surface area (Å²) in [6.45, 7) is 4.72. The summed E-state index contributed by atoms with van der Waals surface area (Å²) in [5.41, 5.74) is 10.3. The van der Waals surface area contributed by atoms with Gasteiger partial charge in [-0.1, -0.05) is 159 Å². The van der Waals surface area contributed by atoms with Gasteiger partial charge >= 0.3 is 0 Å². The molecular weight excluding hydrogens is 703 g/mol. The number of nitrogens with zero attached hydrogens (tertiary/aromatic N) is 3. The Morgan fingerprint density at radius 3 is 1.74 bits per heavy atom. The molecule has 0 atom stereocenters. The van der Waals surface area contributed by atoms with Crippen molar-refractivity contribution in [3.8, 4) is 28.3 Å². The first-order valence-corrected chi connectivity index (χ1v) is 20.2. The highest BCUT2D eigenvalue weighted by Crippen LogP contribution is 2.52. The molecule has 0 saturated carbocycles. The Balaban J connectivity index is 1.22. The summed E-state index contributed by atoms with van der Waals surface area (Å²) in [5.74, 6) is 0.670. The van der Waals surface area contributed by atoms with Crippen LogP contribution in [0.3, 0.4) is 0 Å². The Kier molecular flexibility index (Phi) is 6.23. The van der Waals surface area contributed by atoms with Gasteiger partial charge in [-0.15, -0.1) is 0 Å². The summed E-state index contributed by atoms with van der Waals surface area (Å²) >= 11 is 0. The van der Waals surface area contributed by atoms with E-state index >= 15 is 0 Å². The van der Waals surface area contributed by atoms with Gasteiger partial charge in [0.1, 0.15) is 0 Å². The Hall–Kier alpha value is -7.36. The fourth-order valence-electron chi connectivity index (χ4n) is 10.5. The lowest BCUT2D eigenvalue weighted by atomic mass is 9.82. The smallest absolute Gasteiger partial charge is 0.235 e. The van der Waals surface area contributed by atoms with Crippen LogP contribution in [-0.4, -0.2) is 14.5 Å². The number of hydrogen-bond acceptors (Lipinski definition) is 2. The molecule has 0 bridgehead atoms. The molecule has 3 heteroatoms. The molecule has 1 aliphatic carbocycles. The fraction of sp³-hybridized carbons (Fsp3) is 0.0545. The summed E-state index contributed by atoms with van der Waals surface area (Å²) in [6, 6.07) is 64.5. The highest BCUT2D eigenvalue weighted by Gasteiger charge is 2.36. The number of fused-ring (bicyclic) bond motifs is 17. The molecule has 0 unspecified atom stereocenters.